The van der Waals surface area contributed by atoms with Crippen LogP contribution in [0, 0.1) is 17.0 Å². The van der Waals surface area contributed by atoms with Crippen LogP contribution < -0.4 is 11.3 Å². The molecule has 1 atom stereocenters. The number of rotatable bonds is 3. The van der Waals surface area contributed by atoms with Crippen molar-refractivity contribution in [1.82, 2.24) is 5.43 Å². The van der Waals surface area contributed by atoms with E-state index >= 15 is 0 Å². The van der Waals surface area contributed by atoms with Gasteiger partial charge in [0.25, 0.3) is 0 Å². The summed E-state index contributed by atoms with van der Waals surface area (Å²) < 4.78 is 26.1. The van der Waals surface area contributed by atoms with Crippen molar-refractivity contribution in [2.75, 3.05) is 0 Å². The summed E-state index contributed by atoms with van der Waals surface area (Å²) in [5.41, 5.74) is 3.16. The van der Waals surface area contributed by atoms with Crippen LogP contribution in [0.3, 0.4) is 0 Å². The van der Waals surface area contributed by atoms with Gasteiger partial charge in [-0.15, -0.1) is 0 Å². The first-order valence-electron chi connectivity index (χ1n) is 5.24. The third-order valence-corrected chi connectivity index (χ3v) is 2.30. The highest BCUT2D eigenvalue weighted by atomic mass is 19.1. The predicted molar refractivity (Wildman–Crippen MR) is 60.5 cm³/mol. The highest BCUT2D eigenvalue weighted by Gasteiger charge is 2.20. The predicted octanol–water partition coefficient (Wildman–Crippen LogP) is 2.91. The minimum Gasteiger partial charge on any atom is -0.271 e. The minimum absolute atomic E-state index is 0.0276. The number of hydrogen-bond acceptors (Lipinski definition) is 2. The van der Waals surface area contributed by atoms with E-state index in [0.717, 1.165) is 6.07 Å². The summed E-state index contributed by atoms with van der Waals surface area (Å²) in [4.78, 5) is 0. The molecular formula is C12H18F2N2. The second-order valence-electron chi connectivity index (χ2n) is 5.19. The molecule has 0 radical (unpaired) electrons. The molecule has 90 valence electrons. The van der Waals surface area contributed by atoms with Crippen LogP contribution in [0.2, 0.25) is 0 Å². The molecule has 3 N–H and O–H groups in total. The molecule has 0 bridgehead atoms. The maximum absolute atomic E-state index is 13.0. The van der Waals surface area contributed by atoms with Crippen LogP contribution in [-0.4, -0.2) is 0 Å². The van der Waals surface area contributed by atoms with Gasteiger partial charge in [0, 0.05) is 12.1 Å². The van der Waals surface area contributed by atoms with Crippen molar-refractivity contribution in [2.24, 2.45) is 11.3 Å². The van der Waals surface area contributed by atoms with E-state index in [4.69, 9.17) is 5.84 Å². The van der Waals surface area contributed by atoms with E-state index in [1.54, 1.807) is 0 Å². The summed E-state index contributed by atoms with van der Waals surface area (Å²) in [7, 11) is 0. The summed E-state index contributed by atoms with van der Waals surface area (Å²) >= 11 is 0. The van der Waals surface area contributed by atoms with E-state index in [2.05, 4.69) is 5.43 Å². The molecule has 0 aliphatic heterocycles. The van der Waals surface area contributed by atoms with Crippen LogP contribution >= 0.6 is 0 Å². The Morgan fingerprint density at radius 2 is 1.69 bits per heavy atom. The van der Waals surface area contributed by atoms with Crippen LogP contribution in [0.1, 0.15) is 38.8 Å². The van der Waals surface area contributed by atoms with Crippen molar-refractivity contribution >= 4 is 0 Å². The van der Waals surface area contributed by atoms with Gasteiger partial charge in [-0.2, -0.15) is 0 Å². The van der Waals surface area contributed by atoms with E-state index in [9.17, 15) is 8.78 Å². The number of halogens is 2. The third kappa shape index (κ3) is 3.87. The highest BCUT2D eigenvalue weighted by molar-refractivity contribution is 5.21. The largest absolute Gasteiger partial charge is 0.271 e. The van der Waals surface area contributed by atoms with E-state index in [1.165, 1.54) is 12.1 Å². The molecule has 16 heavy (non-hydrogen) atoms. The molecule has 0 aromatic heterocycles. The lowest BCUT2D eigenvalue weighted by Gasteiger charge is -2.25. The fraction of sp³-hybridized carbons (Fsp3) is 0.500. The standard InChI is InChI=1S/C12H18F2N2/c1-12(2,3)7-11(16-15)8-4-9(13)6-10(14)5-8/h4-6,11,16H,7,15H2,1-3H3. The summed E-state index contributed by atoms with van der Waals surface area (Å²) in [6, 6.07) is 3.22. The second kappa shape index (κ2) is 4.89. The van der Waals surface area contributed by atoms with Crippen molar-refractivity contribution in [3.05, 3.63) is 35.4 Å². The molecule has 0 saturated carbocycles. The van der Waals surface area contributed by atoms with Gasteiger partial charge in [-0.1, -0.05) is 20.8 Å². The topological polar surface area (TPSA) is 38.0 Å². The van der Waals surface area contributed by atoms with Crippen LogP contribution in [0.5, 0.6) is 0 Å². The van der Waals surface area contributed by atoms with E-state index in [0.29, 0.717) is 12.0 Å². The minimum atomic E-state index is -0.579. The lowest BCUT2D eigenvalue weighted by atomic mass is 9.85. The lowest BCUT2D eigenvalue weighted by molar-refractivity contribution is 0.312. The molecule has 1 aromatic carbocycles. The van der Waals surface area contributed by atoms with Gasteiger partial charge >= 0.3 is 0 Å². The van der Waals surface area contributed by atoms with Crippen molar-refractivity contribution in [3.8, 4) is 0 Å². The Balaban J connectivity index is 2.95. The molecule has 1 unspecified atom stereocenters. The Morgan fingerprint density at radius 1 is 1.19 bits per heavy atom. The second-order valence-corrected chi connectivity index (χ2v) is 5.19. The van der Waals surface area contributed by atoms with Crippen LogP contribution in [0.25, 0.3) is 0 Å². The zero-order valence-electron chi connectivity index (χ0n) is 9.85. The molecule has 4 heteroatoms. The molecule has 1 aromatic rings. The first-order valence-corrected chi connectivity index (χ1v) is 5.24. The Hall–Kier alpha value is -1.00. The summed E-state index contributed by atoms with van der Waals surface area (Å²) in [5, 5.41) is 0. The van der Waals surface area contributed by atoms with E-state index < -0.39 is 11.6 Å². The Morgan fingerprint density at radius 3 is 2.06 bits per heavy atom. The van der Waals surface area contributed by atoms with Crippen molar-refractivity contribution in [2.45, 2.75) is 33.2 Å². The van der Waals surface area contributed by atoms with Gasteiger partial charge < -0.3 is 0 Å². The quantitative estimate of drug-likeness (QED) is 0.616. The molecular weight excluding hydrogens is 210 g/mol. The molecule has 0 saturated heterocycles. The van der Waals surface area contributed by atoms with E-state index in [-0.39, 0.29) is 11.5 Å². The monoisotopic (exact) mass is 228 g/mol. The zero-order chi connectivity index (χ0) is 12.3. The summed E-state index contributed by atoms with van der Waals surface area (Å²) in [6.07, 6.45) is 0.701. The highest BCUT2D eigenvalue weighted by Crippen LogP contribution is 2.29. The fourth-order valence-electron chi connectivity index (χ4n) is 1.66. The third-order valence-electron chi connectivity index (χ3n) is 2.30. The molecule has 0 aliphatic rings. The Bertz CT molecular complexity index is 338. The van der Waals surface area contributed by atoms with Gasteiger partial charge in [0.05, 0.1) is 0 Å². The van der Waals surface area contributed by atoms with Gasteiger partial charge in [-0.3, -0.25) is 11.3 Å². The van der Waals surface area contributed by atoms with Gasteiger partial charge in [0.1, 0.15) is 11.6 Å². The van der Waals surface area contributed by atoms with Gasteiger partial charge in [-0.25, -0.2) is 8.78 Å². The lowest BCUT2D eigenvalue weighted by Crippen LogP contribution is -2.31. The van der Waals surface area contributed by atoms with Crippen LogP contribution in [0.4, 0.5) is 8.78 Å². The Kier molecular flexibility index (Phi) is 3.99. The molecule has 0 aliphatic carbocycles. The van der Waals surface area contributed by atoms with Crippen molar-refractivity contribution in [1.29, 1.82) is 0 Å². The van der Waals surface area contributed by atoms with Gasteiger partial charge in [0.2, 0.25) is 0 Å². The normalized spacial score (nSPS) is 13.9. The molecule has 1 rings (SSSR count). The number of benzene rings is 1. The molecule has 0 amide bonds. The van der Waals surface area contributed by atoms with Crippen molar-refractivity contribution < 1.29 is 8.78 Å². The van der Waals surface area contributed by atoms with E-state index in [1.807, 2.05) is 20.8 Å². The Labute approximate surface area is 94.8 Å². The average Bonchev–Trinajstić information content (AvgIpc) is 2.11. The molecule has 0 fully saturated rings. The number of nitrogens with one attached hydrogen (secondary N) is 1. The SMILES string of the molecule is CC(C)(C)CC(NN)c1cc(F)cc(F)c1. The summed E-state index contributed by atoms with van der Waals surface area (Å²) in [5.74, 6) is 4.26. The number of hydrazine groups is 1. The first kappa shape index (κ1) is 13.1. The van der Waals surface area contributed by atoms with Gasteiger partial charge in [0.15, 0.2) is 0 Å². The zero-order valence-corrected chi connectivity index (χ0v) is 9.85. The fourth-order valence-corrected chi connectivity index (χ4v) is 1.66. The summed E-state index contributed by atoms with van der Waals surface area (Å²) in [6.45, 7) is 6.15. The van der Waals surface area contributed by atoms with Gasteiger partial charge in [-0.05, 0) is 29.5 Å². The smallest absolute Gasteiger partial charge is 0.126 e. The van der Waals surface area contributed by atoms with Crippen LogP contribution in [0.15, 0.2) is 18.2 Å². The average molecular weight is 228 g/mol. The first-order chi connectivity index (χ1) is 7.31. The maximum atomic E-state index is 13.0. The molecule has 0 heterocycles. The molecule has 2 nitrogen and oxygen atoms in total. The maximum Gasteiger partial charge on any atom is 0.126 e. The van der Waals surface area contributed by atoms with Crippen LogP contribution in [-0.2, 0) is 0 Å². The number of nitrogens with two attached hydrogens (primary N) is 1. The van der Waals surface area contributed by atoms with Crippen molar-refractivity contribution in [3.63, 3.8) is 0 Å². The number of hydrogen-bond donors (Lipinski definition) is 2. The molecule has 0 spiro atoms.